The Kier molecular flexibility index (Phi) is 16.1. The lowest BCUT2D eigenvalue weighted by Gasteiger charge is -2.27. The first-order valence-electron chi connectivity index (χ1n) is 21.9. The number of carbonyl (C=O) groups excluding carboxylic acids is 6. The van der Waals surface area contributed by atoms with Crippen LogP contribution in [0, 0.1) is 13.8 Å². The van der Waals surface area contributed by atoms with E-state index in [-0.39, 0.29) is 76.8 Å². The molecule has 2 aromatic carbocycles. The van der Waals surface area contributed by atoms with Gasteiger partial charge in [-0.05, 0) is 57.4 Å². The van der Waals surface area contributed by atoms with Crippen LogP contribution in [-0.4, -0.2) is 99.8 Å². The van der Waals surface area contributed by atoms with Crippen molar-refractivity contribution >= 4 is 51.5 Å². The van der Waals surface area contributed by atoms with E-state index in [0.29, 0.717) is 36.1 Å². The summed E-state index contributed by atoms with van der Waals surface area (Å²) in [5.41, 5.74) is 0.666. The Morgan fingerprint density at radius 1 is 0.853 bits per heavy atom. The summed E-state index contributed by atoms with van der Waals surface area (Å²) in [6, 6.07) is 9.76. The second kappa shape index (κ2) is 21.9. The van der Waals surface area contributed by atoms with Gasteiger partial charge in [-0.15, -0.1) is 0 Å². The lowest BCUT2D eigenvalue weighted by molar-refractivity contribution is -0.136. The van der Waals surface area contributed by atoms with E-state index in [9.17, 15) is 42.0 Å². The third kappa shape index (κ3) is 11.9. The third-order valence-corrected chi connectivity index (χ3v) is 12.7. The summed E-state index contributed by atoms with van der Waals surface area (Å²) < 4.78 is 50.8. The van der Waals surface area contributed by atoms with Crippen molar-refractivity contribution in [2.45, 2.75) is 76.3 Å². The highest BCUT2D eigenvalue weighted by Gasteiger charge is 2.46. The average molecular weight is 958 g/mol. The summed E-state index contributed by atoms with van der Waals surface area (Å²) in [4.78, 5) is 92.9. The third-order valence-electron chi connectivity index (χ3n) is 11.4. The van der Waals surface area contributed by atoms with Crippen molar-refractivity contribution in [3.05, 3.63) is 106 Å². The standard InChI is InChI=1S/C46H55N9O12S/c1-28(51-68(63,64)41-25-52(4)30(3)49-41)37(24-35-29(2)53(5)46(62)54(35)6)67-32-16-13-15-31(23-32)65-26-39(57)47-21-11-9-7-8-10-12-22-48-40(58)27-66-36-18-14-17-33-42(36)45(61)55(44(33)60)34-19-20-38(56)50-43(34)59/h13-18,23-25,34,51H,1,7-12,19-22,26-27H2,2-6H3,(H,47,57)(H,48,58)(H,50,56,59)/b37-24+. The molecule has 2 aliphatic heterocycles. The monoisotopic (exact) mass is 957 g/mol. The van der Waals surface area contributed by atoms with Gasteiger partial charge in [-0.25, -0.2) is 9.78 Å². The summed E-state index contributed by atoms with van der Waals surface area (Å²) in [6.07, 6.45) is 7.95. The van der Waals surface area contributed by atoms with Gasteiger partial charge in [-0.1, -0.05) is 44.4 Å². The van der Waals surface area contributed by atoms with Gasteiger partial charge in [0.2, 0.25) is 11.8 Å². The normalized spacial score (nSPS) is 14.9. The molecule has 1 fully saturated rings. The molecular formula is C46H55N9O12S. The zero-order chi connectivity index (χ0) is 49.3. The van der Waals surface area contributed by atoms with Crippen LogP contribution in [0.1, 0.15) is 89.3 Å². The van der Waals surface area contributed by atoms with Gasteiger partial charge in [0, 0.05) is 64.7 Å². The fourth-order valence-corrected chi connectivity index (χ4v) is 8.55. The van der Waals surface area contributed by atoms with Crippen molar-refractivity contribution in [3.8, 4) is 17.2 Å². The molecule has 0 saturated carbocycles. The number of imide groups is 2. The predicted octanol–water partition coefficient (Wildman–Crippen LogP) is 2.42. The van der Waals surface area contributed by atoms with Crippen molar-refractivity contribution in [1.29, 1.82) is 0 Å². The Hall–Kier alpha value is -7.49. The maximum atomic E-state index is 13.2. The zero-order valence-electron chi connectivity index (χ0n) is 38.5. The Balaban J connectivity index is 0.877. The first kappa shape index (κ1) is 49.9. The van der Waals surface area contributed by atoms with E-state index in [2.05, 4.69) is 32.2 Å². The largest absolute Gasteiger partial charge is 0.484 e. The number of sulfonamides is 1. The highest BCUT2D eigenvalue weighted by molar-refractivity contribution is 7.89. The molecule has 0 spiro atoms. The van der Waals surface area contributed by atoms with Crippen LogP contribution < -0.4 is 40.6 Å². The Morgan fingerprint density at radius 2 is 1.49 bits per heavy atom. The summed E-state index contributed by atoms with van der Waals surface area (Å²) in [5.74, 6) is -2.22. The second-order valence-electron chi connectivity index (χ2n) is 16.3. The molecular weight excluding hydrogens is 903 g/mol. The first-order chi connectivity index (χ1) is 32.4. The summed E-state index contributed by atoms with van der Waals surface area (Å²) in [7, 11) is 0.700. The van der Waals surface area contributed by atoms with Crippen molar-refractivity contribution in [1.82, 2.24) is 44.3 Å². The van der Waals surface area contributed by atoms with E-state index in [0.717, 1.165) is 43.4 Å². The number of aryl methyl sites for hydroxylation is 2. The van der Waals surface area contributed by atoms with Gasteiger partial charge in [0.05, 0.1) is 22.5 Å². The molecule has 1 saturated heterocycles. The molecule has 2 aromatic heterocycles. The minimum atomic E-state index is -4.17. The summed E-state index contributed by atoms with van der Waals surface area (Å²) >= 11 is 0. The quantitative estimate of drug-likeness (QED) is 0.0361. The highest BCUT2D eigenvalue weighted by atomic mass is 32.2. The molecule has 4 heterocycles. The molecule has 4 N–H and O–H groups in total. The van der Waals surface area contributed by atoms with Crippen molar-refractivity contribution in [3.63, 3.8) is 0 Å². The second-order valence-corrected chi connectivity index (χ2v) is 17.9. The number of ether oxygens (including phenoxy) is 3. The van der Waals surface area contributed by atoms with E-state index in [1.165, 1.54) is 45.7 Å². The Labute approximate surface area is 392 Å². The molecule has 68 heavy (non-hydrogen) atoms. The van der Waals surface area contributed by atoms with E-state index < -0.39 is 45.6 Å². The van der Waals surface area contributed by atoms with Crippen LogP contribution in [0.4, 0.5) is 0 Å². The van der Waals surface area contributed by atoms with Gasteiger partial charge < -0.3 is 29.4 Å². The number of amides is 6. The lowest BCUT2D eigenvalue weighted by Crippen LogP contribution is -2.54. The number of imidazole rings is 2. The topological polar surface area (TPSA) is 260 Å². The van der Waals surface area contributed by atoms with Gasteiger partial charge in [0.1, 0.15) is 29.1 Å². The number of piperidine rings is 1. The van der Waals surface area contributed by atoms with Crippen LogP contribution >= 0.6 is 0 Å². The lowest BCUT2D eigenvalue weighted by atomic mass is 10.0. The average Bonchev–Trinajstić information content (AvgIpc) is 3.85. The van der Waals surface area contributed by atoms with Crippen LogP contribution in [-0.2, 0) is 50.3 Å². The van der Waals surface area contributed by atoms with E-state index in [1.807, 2.05) is 0 Å². The number of benzene rings is 2. The minimum absolute atomic E-state index is 0.000705. The number of aromatic nitrogens is 4. The van der Waals surface area contributed by atoms with Crippen LogP contribution in [0.3, 0.4) is 0 Å². The Bertz CT molecular complexity index is 2820. The predicted molar refractivity (Wildman–Crippen MR) is 246 cm³/mol. The maximum absolute atomic E-state index is 13.2. The molecule has 2 aliphatic rings. The van der Waals surface area contributed by atoms with Gasteiger partial charge in [0.15, 0.2) is 24.0 Å². The molecule has 0 bridgehead atoms. The van der Waals surface area contributed by atoms with Gasteiger partial charge in [-0.2, -0.15) is 8.42 Å². The van der Waals surface area contributed by atoms with E-state index in [4.69, 9.17) is 14.2 Å². The molecule has 1 atom stereocenters. The smallest absolute Gasteiger partial charge is 0.328 e. The fourth-order valence-electron chi connectivity index (χ4n) is 7.48. The molecule has 6 amide bonds. The SMILES string of the molecule is C=C(NS(=O)(=O)c1cn(C)c(C)n1)/C(=C\c1c(C)n(C)c(=O)n1C)Oc1cccc(OCC(=O)NCCCCCCCCNC(=O)COc2cccc3c2C(=O)N(C2CCC(=O)NC2=O)C3=O)c1. The molecule has 4 aromatic rings. The molecule has 21 nitrogen and oxygen atoms in total. The van der Waals surface area contributed by atoms with Crippen LogP contribution in [0.5, 0.6) is 17.2 Å². The number of carbonyl (C=O) groups is 6. The van der Waals surface area contributed by atoms with Crippen LogP contribution in [0.2, 0.25) is 0 Å². The number of nitrogens with zero attached hydrogens (tertiary/aromatic N) is 5. The van der Waals surface area contributed by atoms with Crippen LogP contribution in [0.25, 0.3) is 6.08 Å². The van der Waals surface area contributed by atoms with Gasteiger partial charge in [-0.3, -0.25) is 52.8 Å². The minimum Gasteiger partial charge on any atom is -0.484 e. The van der Waals surface area contributed by atoms with Crippen molar-refractivity contribution < 1.29 is 51.4 Å². The van der Waals surface area contributed by atoms with E-state index in [1.54, 1.807) is 57.8 Å². The first-order valence-corrected chi connectivity index (χ1v) is 23.4. The van der Waals surface area contributed by atoms with Crippen LogP contribution in [0.15, 0.2) is 76.5 Å². The number of fused-ring (bicyclic) bond motifs is 1. The highest BCUT2D eigenvalue weighted by Crippen LogP contribution is 2.34. The molecule has 0 aliphatic carbocycles. The molecule has 6 rings (SSSR count). The van der Waals surface area contributed by atoms with Crippen molar-refractivity contribution in [2.24, 2.45) is 21.1 Å². The number of unbranched alkanes of at least 4 members (excludes halogenated alkanes) is 5. The summed E-state index contributed by atoms with van der Waals surface area (Å²) in [5, 5.41) is 7.57. The zero-order valence-corrected chi connectivity index (χ0v) is 39.3. The fraction of sp³-hybridized carbons (Fsp3) is 0.391. The summed E-state index contributed by atoms with van der Waals surface area (Å²) in [6.45, 7) is 7.55. The molecule has 0 radical (unpaired) electrons. The number of hydrogen-bond donors (Lipinski definition) is 4. The van der Waals surface area contributed by atoms with E-state index >= 15 is 0 Å². The number of nitrogens with one attached hydrogen (secondary N) is 4. The molecule has 1 unspecified atom stereocenters. The maximum Gasteiger partial charge on any atom is 0.328 e. The molecule has 362 valence electrons. The number of hydrogen-bond acceptors (Lipinski definition) is 13. The van der Waals surface area contributed by atoms with Gasteiger partial charge >= 0.3 is 5.69 Å². The molecule has 22 heteroatoms. The van der Waals surface area contributed by atoms with Crippen molar-refractivity contribution in [2.75, 3.05) is 26.3 Å². The number of rotatable bonds is 23. The van der Waals surface area contributed by atoms with Gasteiger partial charge in [0.25, 0.3) is 33.7 Å². The Morgan fingerprint density at radius 3 is 2.10 bits per heavy atom.